The molecule has 0 saturated carbocycles. The number of hydrogen-bond donors (Lipinski definition) is 0. The molecule has 0 N–H and O–H groups in total. The van der Waals surface area contributed by atoms with Crippen LogP contribution in [0.5, 0.6) is 0 Å². The van der Waals surface area contributed by atoms with Gasteiger partial charge in [0.2, 0.25) is 0 Å². The number of nitrogens with zero attached hydrogens (tertiary/aromatic N) is 3. The summed E-state index contributed by atoms with van der Waals surface area (Å²) in [6.45, 7) is 13.6. The molecular formula is C67H79N3S2. The first-order chi connectivity index (χ1) is 35.4. The molecule has 4 heterocycles. The second kappa shape index (κ2) is 25.0. The number of aromatic nitrogens is 3. The van der Waals surface area contributed by atoms with Crippen LogP contribution in [0.2, 0.25) is 0 Å². The summed E-state index contributed by atoms with van der Waals surface area (Å²) >= 11 is 3.72. The second-order valence-corrected chi connectivity index (χ2v) is 23.2. The van der Waals surface area contributed by atoms with E-state index in [4.69, 9.17) is 9.97 Å². The van der Waals surface area contributed by atoms with E-state index in [1.54, 1.807) is 0 Å². The van der Waals surface area contributed by atoms with Gasteiger partial charge in [-0.1, -0.05) is 203 Å². The average molecular weight is 991 g/mol. The van der Waals surface area contributed by atoms with E-state index in [1.807, 2.05) is 22.7 Å². The zero-order chi connectivity index (χ0) is 49.8. The van der Waals surface area contributed by atoms with Gasteiger partial charge in [0.25, 0.3) is 0 Å². The van der Waals surface area contributed by atoms with Crippen molar-refractivity contribution in [3.8, 4) is 53.8 Å². The molecular weight excluding hydrogens is 911 g/mol. The van der Waals surface area contributed by atoms with Crippen molar-refractivity contribution >= 4 is 55.5 Å². The van der Waals surface area contributed by atoms with E-state index < -0.39 is 0 Å². The maximum atomic E-state index is 5.78. The first kappa shape index (κ1) is 51.5. The molecule has 0 aliphatic heterocycles. The largest absolute Gasteiger partial charge is 0.337 e. The quantitative estimate of drug-likeness (QED) is 0.0506. The molecule has 0 fully saturated rings. The zero-order valence-electron chi connectivity index (χ0n) is 44.4. The number of benzene rings is 5. The van der Waals surface area contributed by atoms with Crippen LogP contribution in [0.3, 0.4) is 0 Å². The molecule has 5 aromatic carbocycles. The van der Waals surface area contributed by atoms with Crippen molar-refractivity contribution in [1.82, 2.24) is 14.5 Å². The van der Waals surface area contributed by atoms with Gasteiger partial charge in [-0.15, -0.1) is 22.7 Å². The Hall–Kier alpha value is -5.36. The van der Waals surface area contributed by atoms with E-state index in [9.17, 15) is 0 Å². The van der Waals surface area contributed by atoms with Crippen molar-refractivity contribution in [2.75, 3.05) is 0 Å². The summed E-state index contributed by atoms with van der Waals surface area (Å²) < 4.78 is 2.79. The Labute approximate surface area is 440 Å². The minimum Gasteiger partial charge on any atom is -0.337 e. The Morgan fingerprint density at radius 1 is 0.417 bits per heavy atom. The third-order valence-corrected chi connectivity index (χ3v) is 17.4. The predicted octanol–water partition coefficient (Wildman–Crippen LogP) is 21.5. The van der Waals surface area contributed by atoms with Crippen molar-refractivity contribution in [1.29, 1.82) is 0 Å². The Bertz CT molecular complexity index is 3150. The maximum absolute atomic E-state index is 5.78. The molecule has 0 unspecified atom stereocenters. The minimum atomic E-state index is 0.486. The lowest BCUT2D eigenvalue weighted by Crippen LogP contribution is -2.09. The molecule has 72 heavy (non-hydrogen) atoms. The standard InChI is InChI=1S/C67H79N3S2/c1-7-11-15-17-19-21-25-54(26-22-20-18-16-12-8-2)70-59-45-47(5)27-38-55(59)56-39-37-53(46-60(56)70)61-43-44-63(72-61)58-41-40-57(62-42-28-48(6)71-62)66-67(58)69-65(52-35-31-50(32-36-52)24-14-10-4)64(68-66)51-33-29-49(30-34-51)23-13-9-3/h27-46,54H,7-26H2,1-6H3. The topological polar surface area (TPSA) is 30.7 Å². The van der Waals surface area contributed by atoms with Crippen LogP contribution in [0.25, 0.3) is 86.7 Å². The zero-order valence-corrected chi connectivity index (χ0v) is 46.1. The molecule has 0 aliphatic rings. The Morgan fingerprint density at radius 3 is 1.40 bits per heavy atom. The molecule has 0 radical (unpaired) electrons. The SMILES string of the molecule is CCCCCCCCC(CCCCCCCC)n1c2cc(C)ccc2c2ccc(-c3ccc(-c4ccc(-c5ccc(C)s5)c5nc(-c6ccc(CCCC)cc6)c(-c6ccc(CCCC)cc6)nc45)s3)cc21. The van der Waals surface area contributed by atoms with E-state index in [0.717, 1.165) is 57.5 Å². The van der Waals surface area contributed by atoms with Gasteiger partial charge >= 0.3 is 0 Å². The van der Waals surface area contributed by atoms with Crippen LogP contribution in [-0.2, 0) is 12.8 Å². The Kier molecular flexibility index (Phi) is 17.9. The summed E-state index contributed by atoms with van der Waals surface area (Å²) in [7, 11) is 0. The Balaban J connectivity index is 1.14. The summed E-state index contributed by atoms with van der Waals surface area (Å²) in [6.07, 6.45) is 25.4. The summed E-state index contributed by atoms with van der Waals surface area (Å²) in [4.78, 5) is 16.5. The molecule has 3 nitrogen and oxygen atoms in total. The lowest BCUT2D eigenvalue weighted by Gasteiger charge is -2.22. The van der Waals surface area contributed by atoms with Crippen LogP contribution in [0, 0.1) is 13.8 Å². The Morgan fingerprint density at radius 2 is 0.875 bits per heavy atom. The molecule has 0 atom stereocenters. The van der Waals surface area contributed by atoms with Crippen LogP contribution in [0.15, 0.2) is 121 Å². The summed E-state index contributed by atoms with van der Waals surface area (Å²) in [5.41, 5.74) is 16.4. The number of rotatable bonds is 26. The first-order valence-corrected chi connectivity index (χ1v) is 29.8. The summed E-state index contributed by atoms with van der Waals surface area (Å²) in [5, 5.41) is 2.76. The van der Waals surface area contributed by atoms with Crippen molar-refractivity contribution in [3.05, 3.63) is 143 Å². The van der Waals surface area contributed by atoms with Gasteiger partial charge in [-0.2, -0.15) is 0 Å². The van der Waals surface area contributed by atoms with Gasteiger partial charge in [0.05, 0.1) is 27.9 Å². The fourth-order valence-electron chi connectivity index (χ4n) is 11.0. The number of fused-ring (bicyclic) bond motifs is 4. The number of unbranched alkanes of at least 4 members (excludes halogenated alkanes) is 12. The fraction of sp³-hybridized carbons (Fsp3) is 0.403. The summed E-state index contributed by atoms with van der Waals surface area (Å²) in [5.74, 6) is 0. The second-order valence-electron chi connectivity index (χ2n) is 20.8. The van der Waals surface area contributed by atoms with E-state index in [0.29, 0.717) is 6.04 Å². The predicted molar refractivity (Wildman–Crippen MR) is 317 cm³/mol. The molecule has 4 aromatic heterocycles. The van der Waals surface area contributed by atoms with Gasteiger partial charge < -0.3 is 4.57 Å². The van der Waals surface area contributed by atoms with E-state index in [2.05, 4.69) is 167 Å². The van der Waals surface area contributed by atoms with Crippen LogP contribution in [0.1, 0.15) is 171 Å². The van der Waals surface area contributed by atoms with E-state index in [-0.39, 0.29) is 0 Å². The van der Waals surface area contributed by atoms with Crippen molar-refractivity contribution in [2.45, 2.75) is 176 Å². The minimum absolute atomic E-state index is 0.486. The molecule has 0 saturated heterocycles. The van der Waals surface area contributed by atoms with Gasteiger partial charge in [-0.3, -0.25) is 0 Å². The average Bonchev–Trinajstić information content (AvgIpc) is 4.16. The normalized spacial score (nSPS) is 11.9. The van der Waals surface area contributed by atoms with Crippen LogP contribution in [0.4, 0.5) is 0 Å². The van der Waals surface area contributed by atoms with Gasteiger partial charge in [0.15, 0.2) is 0 Å². The third kappa shape index (κ3) is 12.0. The van der Waals surface area contributed by atoms with Crippen molar-refractivity contribution < 1.29 is 0 Å². The number of hydrogen-bond acceptors (Lipinski definition) is 4. The number of aryl methyl sites for hydroxylation is 4. The van der Waals surface area contributed by atoms with Crippen LogP contribution in [-0.4, -0.2) is 14.5 Å². The van der Waals surface area contributed by atoms with E-state index in [1.165, 1.54) is 179 Å². The molecule has 0 spiro atoms. The monoisotopic (exact) mass is 990 g/mol. The molecule has 0 aliphatic carbocycles. The third-order valence-electron chi connectivity index (χ3n) is 15.2. The highest BCUT2D eigenvalue weighted by Gasteiger charge is 2.23. The van der Waals surface area contributed by atoms with Gasteiger partial charge in [0, 0.05) is 64.1 Å². The first-order valence-electron chi connectivity index (χ1n) is 28.1. The van der Waals surface area contributed by atoms with Gasteiger partial charge in [0.1, 0.15) is 0 Å². The van der Waals surface area contributed by atoms with E-state index >= 15 is 0 Å². The van der Waals surface area contributed by atoms with Crippen LogP contribution >= 0.6 is 22.7 Å². The highest BCUT2D eigenvalue weighted by molar-refractivity contribution is 7.19. The lowest BCUT2D eigenvalue weighted by atomic mass is 9.98. The number of thiophene rings is 2. The highest BCUT2D eigenvalue weighted by Crippen LogP contribution is 2.45. The van der Waals surface area contributed by atoms with Gasteiger partial charge in [-0.05, 0) is 111 Å². The molecule has 374 valence electrons. The summed E-state index contributed by atoms with van der Waals surface area (Å²) in [6, 6.07) is 47.0. The lowest BCUT2D eigenvalue weighted by molar-refractivity contribution is 0.410. The van der Waals surface area contributed by atoms with Crippen molar-refractivity contribution in [3.63, 3.8) is 0 Å². The van der Waals surface area contributed by atoms with Gasteiger partial charge in [-0.25, -0.2) is 9.97 Å². The highest BCUT2D eigenvalue weighted by atomic mass is 32.1. The maximum Gasteiger partial charge on any atom is 0.0988 e. The fourth-order valence-corrected chi connectivity index (χ4v) is 12.9. The van der Waals surface area contributed by atoms with Crippen LogP contribution < -0.4 is 0 Å². The molecule has 0 amide bonds. The molecule has 9 aromatic rings. The molecule has 5 heteroatoms. The van der Waals surface area contributed by atoms with Crippen molar-refractivity contribution in [2.24, 2.45) is 0 Å². The molecule has 0 bridgehead atoms. The smallest absolute Gasteiger partial charge is 0.0988 e. The molecule has 9 rings (SSSR count).